The van der Waals surface area contributed by atoms with Crippen LogP contribution in [0.1, 0.15) is 85.7 Å². The van der Waals surface area contributed by atoms with Crippen molar-refractivity contribution in [3.05, 3.63) is 50.2 Å². The van der Waals surface area contributed by atoms with Crippen LogP contribution in [-0.2, 0) is 4.79 Å². The molecule has 1 amide bonds. The van der Waals surface area contributed by atoms with E-state index in [0.717, 1.165) is 5.56 Å². The molecule has 3 rings (SSSR count). The van der Waals surface area contributed by atoms with Crippen molar-refractivity contribution in [2.75, 3.05) is 13.1 Å². The Morgan fingerprint density at radius 3 is 2.19 bits per heavy atom. The SMILES string of the molecule is Cc1cc(Cl)c(C(=O)CN(CC(C)(C)C)C(=O)c2cnn([C@H]3CC[C@](C)(C(=O)O)CC3)c2Cl)c(Cl)c1. The molecule has 0 spiro atoms. The maximum Gasteiger partial charge on any atom is 0.309 e. The number of carboxylic acids is 1. The summed E-state index contributed by atoms with van der Waals surface area (Å²) in [6.45, 7) is 9.55. The molecule has 0 bridgehead atoms. The quantitative estimate of drug-likeness (QED) is 0.382. The first kappa shape index (κ1) is 28.5. The van der Waals surface area contributed by atoms with Crippen molar-refractivity contribution >= 4 is 52.5 Å². The molecule has 1 aliphatic carbocycles. The highest BCUT2D eigenvalue weighted by Crippen LogP contribution is 2.42. The molecule has 0 unspecified atom stereocenters. The molecule has 1 fully saturated rings. The summed E-state index contributed by atoms with van der Waals surface area (Å²) >= 11 is 19.3. The average Bonchev–Trinajstić information content (AvgIpc) is 3.12. The zero-order valence-electron chi connectivity index (χ0n) is 21.2. The molecule has 36 heavy (non-hydrogen) atoms. The van der Waals surface area contributed by atoms with Crippen molar-refractivity contribution in [3.63, 3.8) is 0 Å². The van der Waals surface area contributed by atoms with Crippen LogP contribution in [-0.4, -0.2) is 50.5 Å². The smallest absolute Gasteiger partial charge is 0.309 e. The summed E-state index contributed by atoms with van der Waals surface area (Å²) in [5.41, 5.74) is 0.137. The summed E-state index contributed by atoms with van der Waals surface area (Å²) in [6, 6.07) is 3.22. The van der Waals surface area contributed by atoms with Gasteiger partial charge in [-0.05, 0) is 62.6 Å². The molecular weight excluding hydrogens is 525 g/mol. The van der Waals surface area contributed by atoms with Crippen molar-refractivity contribution in [1.29, 1.82) is 0 Å². The first-order chi connectivity index (χ1) is 16.6. The number of amides is 1. The fourth-order valence-corrected chi connectivity index (χ4v) is 5.72. The van der Waals surface area contributed by atoms with Crippen LogP contribution in [0, 0.1) is 17.8 Å². The lowest BCUT2D eigenvalue weighted by Crippen LogP contribution is -2.41. The van der Waals surface area contributed by atoms with Crippen molar-refractivity contribution in [2.24, 2.45) is 10.8 Å². The van der Waals surface area contributed by atoms with Crippen LogP contribution in [0.25, 0.3) is 0 Å². The lowest BCUT2D eigenvalue weighted by atomic mass is 9.74. The van der Waals surface area contributed by atoms with E-state index in [1.807, 2.05) is 27.7 Å². The highest BCUT2D eigenvalue weighted by atomic mass is 35.5. The molecule has 1 saturated carbocycles. The number of carbonyl (C=O) groups excluding carboxylic acids is 2. The third-order valence-electron chi connectivity index (χ3n) is 6.64. The second-order valence-corrected chi connectivity index (χ2v) is 12.3. The predicted octanol–water partition coefficient (Wildman–Crippen LogP) is 6.73. The number of rotatable bonds is 7. The van der Waals surface area contributed by atoms with E-state index >= 15 is 0 Å². The number of aliphatic carboxylic acids is 1. The van der Waals surface area contributed by atoms with E-state index in [2.05, 4.69) is 5.10 Å². The fraction of sp³-hybridized carbons (Fsp3) is 0.538. The van der Waals surface area contributed by atoms with Gasteiger partial charge in [0.15, 0.2) is 5.78 Å². The number of aryl methyl sites for hydroxylation is 1. The maximum atomic E-state index is 13.6. The Morgan fingerprint density at radius 2 is 1.69 bits per heavy atom. The van der Waals surface area contributed by atoms with Crippen LogP contribution in [0.3, 0.4) is 0 Å². The summed E-state index contributed by atoms with van der Waals surface area (Å²) in [5, 5.41) is 14.5. The first-order valence-electron chi connectivity index (χ1n) is 11.9. The highest BCUT2D eigenvalue weighted by Gasteiger charge is 2.39. The van der Waals surface area contributed by atoms with E-state index in [9.17, 15) is 19.5 Å². The number of hydrogen-bond acceptors (Lipinski definition) is 4. The number of benzene rings is 1. The van der Waals surface area contributed by atoms with Gasteiger partial charge in [-0.15, -0.1) is 0 Å². The minimum atomic E-state index is -0.806. The van der Waals surface area contributed by atoms with Gasteiger partial charge in [0.1, 0.15) is 5.15 Å². The Kier molecular flexibility index (Phi) is 8.48. The Balaban J connectivity index is 1.85. The number of nitrogens with zero attached hydrogens (tertiary/aromatic N) is 3. The molecule has 7 nitrogen and oxygen atoms in total. The van der Waals surface area contributed by atoms with Gasteiger partial charge >= 0.3 is 5.97 Å². The molecule has 0 radical (unpaired) electrons. The summed E-state index contributed by atoms with van der Waals surface area (Å²) in [5.74, 6) is -1.59. The van der Waals surface area contributed by atoms with E-state index in [-0.39, 0.29) is 50.1 Å². The summed E-state index contributed by atoms with van der Waals surface area (Å²) in [4.78, 5) is 39.9. The zero-order valence-corrected chi connectivity index (χ0v) is 23.5. The monoisotopic (exact) mass is 555 g/mol. The number of ketones is 1. The van der Waals surface area contributed by atoms with Gasteiger partial charge in [-0.25, -0.2) is 0 Å². The van der Waals surface area contributed by atoms with Crippen molar-refractivity contribution in [1.82, 2.24) is 14.7 Å². The van der Waals surface area contributed by atoms with Crippen LogP contribution in [0.4, 0.5) is 0 Å². The normalized spacial score (nSPS) is 20.3. The maximum absolute atomic E-state index is 13.6. The number of hydrogen-bond donors (Lipinski definition) is 1. The van der Waals surface area contributed by atoms with Crippen LogP contribution >= 0.6 is 34.8 Å². The van der Waals surface area contributed by atoms with Gasteiger partial charge in [0.2, 0.25) is 0 Å². The van der Waals surface area contributed by atoms with Crippen molar-refractivity contribution in [3.8, 4) is 0 Å². The minimum Gasteiger partial charge on any atom is -0.481 e. The molecule has 1 aliphatic rings. The number of aromatic nitrogens is 2. The molecular formula is C26H32Cl3N3O4. The first-order valence-corrected chi connectivity index (χ1v) is 13.0. The zero-order chi connectivity index (χ0) is 27.0. The van der Waals surface area contributed by atoms with Gasteiger partial charge in [-0.1, -0.05) is 55.6 Å². The van der Waals surface area contributed by atoms with E-state index in [1.165, 1.54) is 11.1 Å². The van der Waals surface area contributed by atoms with Gasteiger partial charge in [0.25, 0.3) is 5.91 Å². The molecule has 0 aliphatic heterocycles. The van der Waals surface area contributed by atoms with E-state index < -0.39 is 17.3 Å². The molecule has 10 heteroatoms. The Labute approximate surface area is 226 Å². The van der Waals surface area contributed by atoms with Crippen LogP contribution in [0.2, 0.25) is 15.2 Å². The van der Waals surface area contributed by atoms with Gasteiger partial charge < -0.3 is 10.0 Å². The second kappa shape index (κ2) is 10.7. The average molecular weight is 557 g/mol. The highest BCUT2D eigenvalue weighted by molar-refractivity contribution is 6.40. The standard InChI is InChI=1S/C26H32Cl3N3O4/c1-15-10-18(27)21(19(28)11-15)20(33)13-31(14-25(2,3)4)23(34)17-12-30-32(22(17)29)16-6-8-26(5,9-7-16)24(35)36/h10-12,16H,6-9,13-14H2,1-5H3,(H,35,36)/t16-,26-. The summed E-state index contributed by atoms with van der Waals surface area (Å²) in [6.07, 6.45) is 3.59. The lowest BCUT2D eigenvalue weighted by Gasteiger charge is -2.34. The molecule has 1 heterocycles. The van der Waals surface area contributed by atoms with Gasteiger partial charge in [0, 0.05) is 6.54 Å². The molecule has 1 N–H and O–H groups in total. The minimum absolute atomic E-state index is 0.102. The fourth-order valence-electron chi connectivity index (χ4n) is 4.60. The Morgan fingerprint density at radius 1 is 1.14 bits per heavy atom. The van der Waals surface area contributed by atoms with Crippen LogP contribution in [0.15, 0.2) is 18.3 Å². The van der Waals surface area contributed by atoms with Gasteiger partial charge in [-0.3, -0.25) is 19.1 Å². The number of carbonyl (C=O) groups is 3. The summed E-state index contributed by atoms with van der Waals surface area (Å²) in [7, 11) is 0. The second-order valence-electron chi connectivity index (χ2n) is 11.1. The van der Waals surface area contributed by atoms with Crippen LogP contribution < -0.4 is 0 Å². The topological polar surface area (TPSA) is 92.5 Å². The molecule has 0 atom stereocenters. The van der Waals surface area contributed by atoms with Gasteiger partial charge in [-0.2, -0.15) is 5.10 Å². The molecule has 1 aromatic heterocycles. The van der Waals surface area contributed by atoms with Crippen molar-refractivity contribution < 1.29 is 19.5 Å². The van der Waals surface area contributed by atoms with E-state index in [0.29, 0.717) is 32.2 Å². The third kappa shape index (κ3) is 6.24. The molecule has 196 valence electrons. The molecule has 2 aromatic rings. The van der Waals surface area contributed by atoms with Crippen molar-refractivity contribution in [2.45, 2.75) is 66.3 Å². The Hall–Kier alpha value is -2.09. The molecule has 1 aromatic carbocycles. The number of Topliss-reactive ketones (excluding diaryl/α,β-unsaturated/α-hetero) is 1. The lowest BCUT2D eigenvalue weighted by molar-refractivity contribution is -0.150. The van der Waals surface area contributed by atoms with Crippen LogP contribution in [0.5, 0.6) is 0 Å². The van der Waals surface area contributed by atoms with E-state index in [4.69, 9.17) is 34.8 Å². The Bertz CT molecular complexity index is 1150. The third-order valence-corrected chi connectivity index (χ3v) is 7.61. The summed E-state index contributed by atoms with van der Waals surface area (Å²) < 4.78 is 1.60. The molecule has 0 saturated heterocycles. The number of carboxylic acid groups (broad SMARTS) is 1. The van der Waals surface area contributed by atoms with E-state index in [1.54, 1.807) is 23.7 Å². The van der Waals surface area contributed by atoms with Gasteiger partial charge in [0.05, 0.1) is 45.4 Å². The predicted molar refractivity (Wildman–Crippen MR) is 141 cm³/mol. The largest absolute Gasteiger partial charge is 0.481 e. The number of halogens is 3.